The molecule has 2 nitrogen and oxygen atoms in total. The van der Waals surface area contributed by atoms with E-state index in [2.05, 4.69) is 34.7 Å². The molecule has 0 spiro atoms. The Morgan fingerprint density at radius 3 is 2.74 bits per heavy atom. The number of aliphatic hydroxyl groups is 1. The molecule has 1 aliphatic heterocycles. The molecule has 4 heteroatoms. The number of nitrogens with zero attached hydrogens (tertiary/aromatic N) is 1. The Balaban J connectivity index is 2.25. The van der Waals surface area contributed by atoms with Crippen LogP contribution < -0.4 is 0 Å². The fourth-order valence-electron chi connectivity index (χ4n) is 2.78. The van der Waals surface area contributed by atoms with Gasteiger partial charge in [-0.25, -0.2) is 4.39 Å². The highest BCUT2D eigenvalue weighted by Crippen LogP contribution is 2.35. The summed E-state index contributed by atoms with van der Waals surface area (Å²) < 4.78 is 14.8. The van der Waals surface area contributed by atoms with Crippen LogP contribution in [0.25, 0.3) is 0 Å². The van der Waals surface area contributed by atoms with Gasteiger partial charge >= 0.3 is 0 Å². The second-order valence-electron chi connectivity index (χ2n) is 5.64. The number of hydrogen-bond acceptors (Lipinski definition) is 2. The van der Waals surface area contributed by atoms with Crippen LogP contribution in [0.2, 0.25) is 0 Å². The summed E-state index contributed by atoms with van der Waals surface area (Å²) in [6.45, 7) is 6.09. The largest absolute Gasteiger partial charge is 0.385 e. The molecule has 1 unspecified atom stereocenters. The Hall–Kier alpha value is -0.450. The monoisotopic (exact) mass is 329 g/mol. The van der Waals surface area contributed by atoms with E-state index >= 15 is 0 Å². The topological polar surface area (TPSA) is 23.5 Å². The van der Waals surface area contributed by atoms with E-state index in [1.165, 1.54) is 6.07 Å². The molecule has 1 atom stereocenters. The molecule has 1 fully saturated rings. The fraction of sp³-hybridized carbons (Fsp3) is 0.600. The third kappa shape index (κ3) is 3.36. The number of benzene rings is 1. The number of likely N-dealkylation sites (tertiary alicyclic amines) is 1. The first-order valence-electron chi connectivity index (χ1n) is 6.84. The van der Waals surface area contributed by atoms with E-state index in [0.717, 1.165) is 24.0 Å². The zero-order valence-electron chi connectivity index (χ0n) is 11.5. The van der Waals surface area contributed by atoms with Gasteiger partial charge in [0.25, 0.3) is 0 Å². The van der Waals surface area contributed by atoms with Crippen molar-refractivity contribution in [1.29, 1.82) is 0 Å². The zero-order chi connectivity index (χ0) is 14.0. The normalized spacial score (nSPS) is 25.6. The lowest BCUT2D eigenvalue weighted by atomic mass is 9.86. The minimum atomic E-state index is -1.04. The maximum Gasteiger partial charge on any atom is 0.129 e. The number of halogens is 2. The maximum atomic E-state index is 14.0. The molecule has 0 aromatic heterocycles. The Kier molecular flexibility index (Phi) is 4.64. The van der Waals surface area contributed by atoms with Crippen molar-refractivity contribution in [2.75, 3.05) is 13.1 Å². The van der Waals surface area contributed by atoms with Gasteiger partial charge in [-0.2, -0.15) is 0 Å². The lowest BCUT2D eigenvalue weighted by Crippen LogP contribution is -2.33. The van der Waals surface area contributed by atoms with Crippen LogP contribution in [-0.4, -0.2) is 29.1 Å². The van der Waals surface area contributed by atoms with Crippen LogP contribution in [0.1, 0.15) is 38.7 Å². The minimum Gasteiger partial charge on any atom is -0.385 e. The zero-order valence-corrected chi connectivity index (χ0v) is 13.1. The third-order valence-electron chi connectivity index (χ3n) is 4.01. The molecular formula is C15H21BrFNO. The van der Waals surface area contributed by atoms with E-state index in [-0.39, 0.29) is 5.82 Å². The summed E-state index contributed by atoms with van der Waals surface area (Å²) in [7, 11) is 0. The highest BCUT2D eigenvalue weighted by molar-refractivity contribution is 9.10. The first-order chi connectivity index (χ1) is 8.92. The van der Waals surface area contributed by atoms with Crippen LogP contribution >= 0.6 is 15.9 Å². The maximum absolute atomic E-state index is 14.0. The Morgan fingerprint density at radius 2 is 2.05 bits per heavy atom. The van der Waals surface area contributed by atoms with Gasteiger partial charge in [0.15, 0.2) is 0 Å². The predicted octanol–water partition coefficient (Wildman–Crippen LogP) is 3.67. The average molecular weight is 330 g/mol. The molecule has 1 aliphatic rings. The van der Waals surface area contributed by atoms with Crippen LogP contribution in [-0.2, 0) is 5.60 Å². The van der Waals surface area contributed by atoms with Gasteiger partial charge in [-0.1, -0.05) is 15.9 Å². The molecule has 2 rings (SSSR count). The smallest absolute Gasteiger partial charge is 0.129 e. The number of rotatable bonds is 2. The van der Waals surface area contributed by atoms with E-state index in [1.807, 2.05) is 0 Å². The highest BCUT2D eigenvalue weighted by atomic mass is 79.9. The summed E-state index contributed by atoms with van der Waals surface area (Å²) in [5.74, 6) is -0.316. The summed E-state index contributed by atoms with van der Waals surface area (Å²) in [4.78, 5) is 2.34. The summed E-state index contributed by atoms with van der Waals surface area (Å²) in [6.07, 6.45) is 2.09. The van der Waals surface area contributed by atoms with Gasteiger partial charge in [0, 0.05) is 22.6 Å². The average Bonchev–Trinajstić information content (AvgIpc) is 2.55. The summed E-state index contributed by atoms with van der Waals surface area (Å²) >= 11 is 3.35. The molecule has 106 valence electrons. The van der Waals surface area contributed by atoms with Crippen molar-refractivity contribution < 1.29 is 9.50 Å². The van der Waals surface area contributed by atoms with E-state index in [9.17, 15) is 9.50 Å². The molecule has 0 radical (unpaired) electrons. The SMILES string of the molecule is CC(C)N1CCCC(O)(c2cc(Br)ccc2F)CC1. The van der Waals surface area contributed by atoms with Gasteiger partial charge in [0.05, 0.1) is 5.60 Å². The van der Waals surface area contributed by atoms with Gasteiger partial charge in [0.2, 0.25) is 0 Å². The fourth-order valence-corrected chi connectivity index (χ4v) is 3.14. The van der Waals surface area contributed by atoms with Crippen LogP contribution in [0, 0.1) is 5.82 Å². The molecule has 0 aliphatic carbocycles. The molecule has 0 bridgehead atoms. The van der Waals surface area contributed by atoms with Gasteiger partial charge in [-0.3, -0.25) is 0 Å². The van der Waals surface area contributed by atoms with E-state index in [0.29, 0.717) is 24.4 Å². The van der Waals surface area contributed by atoms with E-state index < -0.39 is 5.60 Å². The first kappa shape index (κ1) is 14.9. The Morgan fingerprint density at radius 1 is 1.32 bits per heavy atom. The molecule has 1 heterocycles. The molecule has 0 saturated carbocycles. The van der Waals surface area contributed by atoms with Crippen molar-refractivity contribution in [1.82, 2.24) is 4.90 Å². The molecule has 1 aromatic carbocycles. The third-order valence-corrected chi connectivity index (χ3v) is 4.50. The molecule has 19 heavy (non-hydrogen) atoms. The molecule has 1 aromatic rings. The van der Waals surface area contributed by atoms with Crippen LogP contribution in [0.3, 0.4) is 0 Å². The van der Waals surface area contributed by atoms with Gasteiger partial charge < -0.3 is 10.0 Å². The Labute approximate surface area is 122 Å². The molecule has 1 N–H and O–H groups in total. The number of hydrogen-bond donors (Lipinski definition) is 1. The summed E-state index contributed by atoms with van der Waals surface area (Å²) in [5, 5.41) is 10.8. The quantitative estimate of drug-likeness (QED) is 0.894. The standard InChI is InChI=1S/C15H21BrFNO/c1-11(2)18-8-3-6-15(19,7-9-18)13-10-12(16)4-5-14(13)17/h4-5,10-11,19H,3,6-9H2,1-2H3. The van der Waals surface area contributed by atoms with Crippen molar-refractivity contribution in [2.24, 2.45) is 0 Å². The summed E-state index contributed by atoms with van der Waals surface area (Å²) in [6, 6.07) is 5.26. The Bertz CT molecular complexity index is 452. The van der Waals surface area contributed by atoms with Gasteiger partial charge in [-0.15, -0.1) is 0 Å². The van der Waals surface area contributed by atoms with Gasteiger partial charge in [-0.05, 0) is 57.9 Å². The van der Waals surface area contributed by atoms with Crippen molar-refractivity contribution in [2.45, 2.75) is 44.8 Å². The predicted molar refractivity (Wildman–Crippen MR) is 78.6 cm³/mol. The van der Waals surface area contributed by atoms with Crippen molar-refractivity contribution in [3.63, 3.8) is 0 Å². The van der Waals surface area contributed by atoms with Crippen LogP contribution in [0.4, 0.5) is 4.39 Å². The first-order valence-corrected chi connectivity index (χ1v) is 7.64. The van der Waals surface area contributed by atoms with E-state index in [1.54, 1.807) is 12.1 Å². The molecular weight excluding hydrogens is 309 g/mol. The lowest BCUT2D eigenvalue weighted by Gasteiger charge is -2.29. The lowest BCUT2D eigenvalue weighted by molar-refractivity contribution is 0.0170. The minimum absolute atomic E-state index is 0.316. The highest BCUT2D eigenvalue weighted by Gasteiger charge is 2.34. The van der Waals surface area contributed by atoms with Crippen molar-refractivity contribution in [3.8, 4) is 0 Å². The van der Waals surface area contributed by atoms with Crippen LogP contribution in [0.15, 0.2) is 22.7 Å². The second kappa shape index (κ2) is 5.90. The second-order valence-corrected chi connectivity index (χ2v) is 6.55. The molecule has 1 saturated heterocycles. The van der Waals surface area contributed by atoms with Crippen molar-refractivity contribution in [3.05, 3.63) is 34.1 Å². The molecule has 0 amide bonds. The summed E-state index contributed by atoms with van der Waals surface area (Å²) in [5.41, 5.74) is -0.621. The van der Waals surface area contributed by atoms with E-state index in [4.69, 9.17) is 0 Å². The van der Waals surface area contributed by atoms with Crippen LogP contribution in [0.5, 0.6) is 0 Å². The van der Waals surface area contributed by atoms with Gasteiger partial charge in [0.1, 0.15) is 5.82 Å². The van der Waals surface area contributed by atoms with Crippen molar-refractivity contribution >= 4 is 15.9 Å².